The highest BCUT2D eigenvalue weighted by molar-refractivity contribution is 5.80. The number of hydrogen-bond acceptors (Lipinski definition) is 2. The van der Waals surface area contributed by atoms with Gasteiger partial charge in [-0.1, -0.05) is 18.6 Å². The molecule has 0 spiro atoms. The number of aryl methyl sites for hydroxylation is 1. The Balaban J connectivity index is 1.45. The van der Waals surface area contributed by atoms with E-state index in [4.69, 9.17) is 4.99 Å². The molecule has 27 heavy (non-hydrogen) atoms. The molecule has 150 valence electrons. The van der Waals surface area contributed by atoms with E-state index < -0.39 is 0 Å². The first-order valence-electron chi connectivity index (χ1n) is 10.7. The zero-order valence-corrected chi connectivity index (χ0v) is 16.8. The SMILES string of the molecule is CCNC(=NCCCc1cccc(F)c1)N1CCC(CN2CCCCC2)C1. The fourth-order valence-electron chi connectivity index (χ4n) is 4.27. The Labute approximate surface area is 163 Å². The van der Waals surface area contributed by atoms with Crippen molar-refractivity contribution in [2.75, 3.05) is 45.8 Å². The molecule has 3 rings (SSSR count). The topological polar surface area (TPSA) is 30.9 Å². The molecule has 0 bridgehead atoms. The second-order valence-electron chi connectivity index (χ2n) is 7.93. The summed E-state index contributed by atoms with van der Waals surface area (Å²) in [7, 11) is 0. The van der Waals surface area contributed by atoms with Crippen LogP contribution in [0.15, 0.2) is 29.3 Å². The molecule has 0 aromatic heterocycles. The van der Waals surface area contributed by atoms with Crippen molar-refractivity contribution in [1.82, 2.24) is 15.1 Å². The normalized spacial score (nSPS) is 21.6. The van der Waals surface area contributed by atoms with Gasteiger partial charge in [0.2, 0.25) is 0 Å². The minimum Gasteiger partial charge on any atom is -0.357 e. The fourth-order valence-corrected chi connectivity index (χ4v) is 4.27. The van der Waals surface area contributed by atoms with E-state index in [1.54, 1.807) is 12.1 Å². The van der Waals surface area contributed by atoms with Crippen molar-refractivity contribution < 1.29 is 4.39 Å². The lowest BCUT2D eigenvalue weighted by atomic mass is 10.1. The summed E-state index contributed by atoms with van der Waals surface area (Å²) in [6.07, 6.45) is 7.23. The number of likely N-dealkylation sites (tertiary alicyclic amines) is 2. The second kappa shape index (κ2) is 10.6. The van der Waals surface area contributed by atoms with Crippen LogP contribution in [0.5, 0.6) is 0 Å². The van der Waals surface area contributed by atoms with E-state index in [2.05, 4.69) is 22.0 Å². The highest BCUT2D eigenvalue weighted by Gasteiger charge is 2.26. The zero-order chi connectivity index (χ0) is 18.9. The Morgan fingerprint density at radius 1 is 1.22 bits per heavy atom. The monoisotopic (exact) mass is 374 g/mol. The molecule has 2 fully saturated rings. The average molecular weight is 375 g/mol. The van der Waals surface area contributed by atoms with Crippen molar-refractivity contribution in [3.05, 3.63) is 35.6 Å². The van der Waals surface area contributed by atoms with Crippen LogP contribution in [0.1, 0.15) is 44.6 Å². The molecule has 4 nitrogen and oxygen atoms in total. The lowest BCUT2D eigenvalue weighted by Gasteiger charge is -2.29. The maximum Gasteiger partial charge on any atom is 0.193 e. The van der Waals surface area contributed by atoms with Crippen LogP contribution in [0.3, 0.4) is 0 Å². The van der Waals surface area contributed by atoms with Gasteiger partial charge in [0.15, 0.2) is 5.96 Å². The Kier molecular flexibility index (Phi) is 7.93. The molecule has 0 amide bonds. The minimum absolute atomic E-state index is 0.152. The number of halogens is 1. The summed E-state index contributed by atoms with van der Waals surface area (Å²) in [6.45, 7) is 9.84. The van der Waals surface area contributed by atoms with Crippen molar-refractivity contribution in [1.29, 1.82) is 0 Å². The Morgan fingerprint density at radius 2 is 2.07 bits per heavy atom. The van der Waals surface area contributed by atoms with E-state index in [1.807, 2.05) is 6.07 Å². The van der Waals surface area contributed by atoms with Crippen molar-refractivity contribution >= 4 is 5.96 Å². The molecule has 2 heterocycles. The van der Waals surface area contributed by atoms with Gasteiger partial charge < -0.3 is 15.1 Å². The van der Waals surface area contributed by atoms with E-state index >= 15 is 0 Å². The Morgan fingerprint density at radius 3 is 2.85 bits per heavy atom. The predicted molar refractivity (Wildman–Crippen MR) is 111 cm³/mol. The highest BCUT2D eigenvalue weighted by atomic mass is 19.1. The van der Waals surface area contributed by atoms with Gasteiger partial charge in [-0.25, -0.2) is 4.39 Å². The standard InChI is InChI=1S/C22H35FN4/c1-2-24-22(25-12-7-9-19-8-6-10-21(23)16-19)27-15-11-20(18-27)17-26-13-4-3-5-14-26/h6,8,10,16,20H,2-5,7,9,11-15,17-18H2,1H3,(H,24,25). The Hall–Kier alpha value is -1.62. The summed E-state index contributed by atoms with van der Waals surface area (Å²) >= 11 is 0. The number of nitrogens with one attached hydrogen (secondary N) is 1. The Bertz CT molecular complexity index is 598. The van der Waals surface area contributed by atoms with Gasteiger partial charge in [0.25, 0.3) is 0 Å². The zero-order valence-electron chi connectivity index (χ0n) is 16.8. The third-order valence-electron chi connectivity index (χ3n) is 5.66. The molecule has 1 aromatic carbocycles. The lowest BCUT2D eigenvalue weighted by molar-refractivity contribution is 0.198. The largest absolute Gasteiger partial charge is 0.357 e. The molecule has 1 N–H and O–H groups in total. The predicted octanol–water partition coefficient (Wildman–Crippen LogP) is 3.53. The van der Waals surface area contributed by atoms with Gasteiger partial charge in [0.05, 0.1) is 0 Å². The van der Waals surface area contributed by atoms with E-state index in [1.165, 1.54) is 51.4 Å². The molecule has 1 unspecified atom stereocenters. The highest BCUT2D eigenvalue weighted by Crippen LogP contribution is 2.20. The summed E-state index contributed by atoms with van der Waals surface area (Å²) in [6, 6.07) is 6.90. The molecule has 0 saturated carbocycles. The minimum atomic E-state index is -0.152. The van der Waals surface area contributed by atoms with Crippen LogP contribution in [0.4, 0.5) is 4.39 Å². The van der Waals surface area contributed by atoms with Gasteiger partial charge in [-0.2, -0.15) is 0 Å². The van der Waals surface area contributed by atoms with Gasteiger partial charge in [-0.05, 0) is 75.7 Å². The molecule has 1 atom stereocenters. The van der Waals surface area contributed by atoms with Crippen molar-refractivity contribution in [2.45, 2.75) is 45.4 Å². The van der Waals surface area contributed by atoms with Gasteiger partial charge in [-0.15, -0.1) is 0 Å². The van der Waals surface area contributed by atoms with Crippen LogP contribution in [-0.4, -0.2) is 61.6 Å². The third-order valence-corrected chi connectivity index (χ3v) is 5.66. The van der Waals surface area contributed by atoms with Gasteiger partial charge in [0, 0.05) is 32.7 Å². The summed E-state index contributed by atoms with van der Waals surface area (Å²) in [5, 5.41) is 3.46. The van der Waals surface area contributed by atoms with Crippen LogP contribution in [0, 0.1) is 11.7 Å². The van der Waals surface area contributed by atoms with Crippen molar-refractivity contribution in [3.63, 3.8) is 0 Å². The third kappa shape index (κ3) is 6.49. The molecule has 2 saturated heterocycles. The number of piperidine rings is 1. The number of rotatable bonds is 7. The van der Waals surface area contributed by atoms with Gasteiger partial charge >= 0.3 is 0 Å². The first-order valence-corrected chi connectivity index (χ1v) is 10.7. The number of aliphatic imine (C=N–C) groups is 1. The fraction of sp³-hybridized carbons (Fsp3) is 0.682. The first kappa shape index (κ1) is 20.1. The van der Waals surface area contributed by atoms with Crippen LogP contribution in [-0.2, 0) is 6.42 Å². The van der Waals surface area contributed by atoms with Crippen LogP contribution >= 0.6 is 0 Å². The summed E-state index contributed by atoms with van der Waals surface area (Å²) < 4.78 is 13.3. The maximum absolute atomic E-state index is 13.3. The number of nitrogens with zero attached hydrogens (tertiary/aromatic N) is 3. The molecule has 2 aliphatic rings. The molecular weight excluding hydrogens is 339 g/mol. The van der Waals surface area contributed by atoms with Crippen LogP contribution in [0.25, 0.3) is 0 Å². The lowest BCUT2D eigenvalue weighted by Crippen LogP contribution is -2.41. The second-order valence-corrected chi connectivity index (χ2v) is 7.93. The summed E-state index contributed by atoms with van der Waals surface area (Å²) in [4.78, 5) is 9.92. The summed E-state index contributed by atoms with van der Waals surface area (Å²) in [5.74, 6) is 1.67. The van der Waals surface area contributed by atoms with E-state index in [-0.39, 0.29) is 5.82 Å². The van der Waals surface area contributed by atoms with E-state index in [0.29, 0.717) is 0 Å². The number of guanidine groups is 1. The van der Waals surface area contributed by atoms with E-state index in [9.17, 15) is 4.39 Å². The number of benzene rings is 1. The molecule has 0 radical (unpaired) electrons. The summed E-state index contributed by atoms with van der Waals surface area (Å²) in [5.41, 5.74) is 1.05. The van der Waals surface area contributed by atoms with Crippen molar-refractivity contribution in [2.24, 2.45) is 10.9 Å². The quantitative estimate of drug-likeness (QED) is 0.450. The maximum atomic E-state index is 13.3. The van der Waals surface area contributed by atoms with Gasteiger partial charge in [-0.3, -0.25) is 4.99 Å². The molecule has 2 aliphatic heterocycles. The van der Waals surface area contributed by atoms with Crippen LogP contribution in [0.2, 0.25) is 0 Å². The molecular formula is C22H35FN4. The molecule has 5 heteroatoms. The van der Waals surface area contributed by atoms with E-state index in [0.717, 1.165) is 56.5 Å². The van der Waals surface area contributed by atoms with Crippen LogP contribution < -0.4 is 5.32 Å². The molecule has 0 aliphatic carbocycles. The molecule has 1 aromatic rings. The first-order chi connectivity index (χ1) is 13.2. The van der Waals surface area contributed by atoms with Crippen molar-refractivity contribution in [3.8, 4) is 0 Å². The number of hydrogen-bond donors (Lipinski definition) is 1. The van der Waals surface area contributed by atoms with Gasteiger partial charge in [0.1, 0.15) is 5.82 Å². The average Bonchev–Trinajstić information content (AvgIpc) is 3.13. The smallest absolute Gasteiger partial charge is 0.193 e.